The van der Waals surface area contributed by atoms with E-state index in [-0.39, 0.29) is 6.04 Å². The molecule has 2 aromatic carbocycles. The molecule has 2 nitrogen and oxygen atoms in total. The van der Waals surface area contributed by atoms with E-state index in [1.165, 1.54) is 16.7 Å². The van der Waals surface area contributed by atoms with Crippen molar-refractivity contribution in [3.05, 3.63) is 60.2 Å². The van der Waals surface area contributed by atoms with Crippen LogP contribution in [0.2, 0.25) is 0 Å². The summed E-state index contributed by atoms with van der Waals surface area (Å²) >= 11 is 0. The van der Waals surface area contributed by atoms with Crippen molar-refractivity contribution >= 4 is 10.8 Å². The maximum atomic E-state index is 12.0. The Bertz CT molecular complexity index is 609. The van der Waals surface area contributed by atoms with Gasteiger partial charge in [0.15, 0.2) is 0 Å². The lowest BCUT2D eigenvalue weighted by molar-refractivity contribution is 0.456. The summed E-state index contributed by atoms with van der Waals surface area (Å²) in [5, 5.41) is 3.62. The molecule has 1 heterocycles. The number of nitrogens with one attached hydrogen (secondary N) is 1. The predicted molar refractivity (Wildman–Crippen MR) is 89.7 cm³/mol. The van der Waals surface area contributed by atoms with Gasteiger partial charge in [-0.1, -0.05) is 61.5 Å². The number of benzene rings is 2. The quantitative estimate of drug-likeness (QED) is 0.939. The zero-order valence-electron chi connectivity index (χ0n) is 12.3. The van der Waals surface area contributed by atoms with Gasteiger partial charge in [0.1, 0.15) is 0 Å². The summed E-state index contributed by atoms with van der Waals surface area (Å²) in [7, 11) is -0.705. The molecule has 1 aliphatic heterocycles. The molecule has 3 heteroatoms. The monoisotopic (exact) mass is 299 g/mol. The summed E-state index contributed by atoms with van der Waals surface area (Å²) < 4.78 is 12.0. The van der Waals surface area contributed by atoms with E-state index in [0.29, 0.717) is 6.04 Å². The zero-order chi connectivity index (χ0) is 14.7. The van der Waals surface area contributed by atoms with Gasteiger partial charge in [-0.2, -0.15) is 0 Å². The van der Waals surface area contributed by atoms with Crippen molar-refractivity contribution in [2.45, 2.75) is 25.4 Å². The minimum atomic E-state index is -0.705. The zero-order valence-corrected chi connectivity index (χ0v) is 13.1. The first-order valence-electron chi connectivity index (χ1n) is 7.52. The van der Waals surface area contributed by atoms with E-state index in [2.05, 4.69) is 60.8 Å². The molecule has 1 aliphatic rings. The fourth-order valence-corrected chi connectivity index (χ4v) is 4.40. The first-order valence-corrected chi connectivity index (χ1v) is 9.01. The Morgan fingerprint density at radius 1 is 1.00 bits per heavy atom. The normalized spacial score (nSPS) is 25.7. The van der Waals surface area contributed by atoms with Crippen molar-refractivity contribution in [2.75, 3.05) is 11.5 Å². The second-order valence-corrected chi connectivity index (χ2v) is 7.13. The van der Waals surface area contributed by atoms with Crippen LogP contribution < -0.4 is 5.32 Å². The Morgan fingerprint density at radius 2 is 1.67 bits per heavy atom. The molecule has 0 spiro atoms. The van der Waals surface area contributed by atoms with Crippen LogP contribution in [0.5, 0.6) is 0 Å². The maximum absolute atomic E-state index is 12.0. The lowest BCUT2D eigenvalue weighted by atomic mass is 10.0. The third-order valence-electron chi connectivity index (χ3n) is 4.09. The Hall–Kier alpha value is -1.45. The van der Waals surface area contributed by atoms with Crippen LogP contribution >= 0.6 is 0 Å². The molecule has 0 radical (unpaired) electrons. The molecule has 0 aromatic heterocycles. The van der Waals surface area contributed by atoms with Gasteiger partial charge in [-0.3, -0.25) is 4.21 Å². The minimum absolute atomic E-state index is 0.217. The smallest absolute Gasteiger partial charge is 0.0439 e. The fraction of sp³-hybridized carbons (Fsp3) is 0.333. The van der Waals surface area contributed by atoms with Crippen molar-refractivity contribution in [3.63, 3.8) is 0 Å². The van der Waals surface area contributed by atoms with Gasteiger partial charge >= 0.3 is 0 Å². The van der Waals surface area contributed by atoms with Crippen molar-refractivity contribution in [1.82, 2.24) is 5.32 Å². The molecule has 1 saturated heterocycles. The maximum Gasteiger partial charge on any atom is 0.0439 e. The molecule has 110 valence electrons. The Morgan fingerprint density at radius 3 is 2.33 bits per heavy atom. The van der Waals surface area contributed by atoms with Crippen LogP contribution in [0.3, 0.4) is 0 Å². The van der Waals surface area contributed by atoms with Crippen molar-refractivity contribution < 1.29 is 4.21 Å². The van der Waals surface area contributed by atoms with Crippen LogP contribution in [0.25, 0.3) is 11.1 Å². The highest BCUT2D eigenvalue weighted by atomic mass is 32.2. The number of hydrogen-bond donors (Lipinski definition) is 1. The first-order chi connectivity index (χ1) is 10.3. The molecule has 0 saturated carbocycles. The summed E-state index contributed by atoms with van der Waals surface area (Å²) in [5.74, 6) is 1.51. The Labute approximate surface area is 129 Å². The Kier molecular flexibility index (Phi) is 4.51. The van der Waals surface area contributed by atoms with Gasteiger partial charge < -0.3 is 5.32 Å². The van der Waals surface area contributed by atoms with Gasteiger partial charge in [0.05, 0.1) is 0 Å². The van der Waals surface area contributed by atoms with E-state index in [9.17, 15) is 4.21 Å². The summed E-state index contributed by atoms with van der Waals surface area (Å²) in [6.45, 7) is 2.15. The van der Waals surface area contributed by atoms with E-state index in [0.717, 1.165) is 17.9 Å². The molecule has 21 heavy (non-hydrogen) atoms. The first kappa shape index (κ1) is 14.5. The summed E-state index contributed by atoms with van der Waals surface area (Å²) in [6, 6.07) is 19.6. The van der Waals surface area contributed by atoms with E-state index >= 15 is 0 Å². The molecule has 3 unspecified atom stereocenters. The van der Waals surface area contributed by atoms with Crippen LogP contribution in [0.4, 0.5) is 0 Å². The number of rotatable bonds is 3. The standard InChI is InChI=1S/C18H21NOS/c1-2-17-12-21(20)13-18(19-17)16-10-8-15(9-11-16)14-6-4-3-5-7-14/h3-11,17-19H,2,12-13H2,1H3. The lowest BCUT2D eigenvalue weighted by Gasteiger charge is -2.30. The average Bonchev–Trinajstić information content (AvgIpc) is 2.55. The fourth-order valence-electron chi connectivity index (χ4n) is 2.83. The third-order valence-corrected chi connectivity index (χ3v) is 5.57. The third kappa shape index (κ3) is 3.42. The molecule has 0 bridgehead atoms. The molecule has 3 rings (SSSR count). The summed E-state index contributed by atoms with van der Waals surface area (Å²) in [6.07, 6.45) is 1.03. The van der Waals surface area contributed by atoms with E-state index in [1.807, 2.05) is 6.07 Å². The molecule has 0 amide bonds. The van der Waals surface area contributed by atoms with Crippen molar-refractivity contribution in [3.8, 4) is 11.1 Å². The van der Waals surface area contributed by atoms with Crippen molar-refractivity contribution in [1.29, 1.82) is 0 Å². The van der Waals surface area contributed by atoms with Gasteiger partial charge in [-0.05, 0) is 23.1 Å². The molecule has 3 atom stereocenters. The van der Waals surface area contributed by atoms with E-state index in [1.54, 1.807) is 0 Å². The molecular formula is C18H21NOS. The second-order valence-electron chi connectivity index (χ2n) is 5.59. The van der Waals surface area contributed by atoms with Crippen LogP contribution in [-0.2, 0) is 10.8 Å². The van der Waals surface area contributed by atoms with E-state index in [4.69, 9.17) is 0 Å². The van der Waals surface area contributed by atoms with Gasteiger partial charge in [0, 0.05) is 34.4 Å². The van der Waals surface area contributed by atoms with E-state index < -0.39 is 10.8 Å². The van der Waals surface area contributed by atoms with Crippen LogP contribution in [-0.4, -0.2) is 21.8 Å². The van der Waals surface area contributed by atoms with Gasteiger partial charge in [0.25, 0.3) is 0 Å². The summed E-state index contributed by atoms with van der Waals surface area (Å²) in [4.78, 5) is 0. The highest BCUT2D eigenvalue weighted by molar-refractivity contribution is 7.85. The number of hydrogen-bond acceptors (Lipinski definition) is 2. The van der Waals surface area contributed by atoms with Crippen molar-refractivity contribution in [2.24, 2.45) is 0 Å². The molecule has 1 fully saturated rings. The predicted octanol–water partition coefficient (Wildman–Crippen LogP) is 3.53. The SMILES string of the molecule is CCC1CS(=O)CC(c2ccc(-c3ccccc3)cc2)N1. The van der Waals surface area contributed by atoms with Gasteiger partial charge in [-0.25, -0.2) is 0 Å². The van der Waals surface area contributed by atoms with Crippen LogP contribution in [0.1, 0.15) is 24.9 Å². The van der Waals surface area contributed by atoms with Crippen LogP contribution in [0, 0.1) is 0 Å². The average molecular weight is 299 g/mol. The Balaban J connectivity index is 1.79. The second kappa shape index (κ2) is 6.54. The summed E-state index contributed by atoms with van der Waals surface area (Å²) in [5.41, 5.74) is 3.69. The molecule has 2 aromatic rings. The van der Waals surface area contributed by atoms with Gasteiger partial charge in [-0.15, -0.1) is 0 Å². The van der Waals surface area contributed by atoms with Gasteiger partial charge in [0.2, 0.25) is 0 Å². The molecule has 1 N–H and O–H groups in total. The highest BCUT2D eigenvalue weighted by Gasteiger charge is 2.25. The largest absolute Gasteiger partial charge is 0.305 e. The topological polar surface area (TPSA) is 29.1 Å². The lowest BCUT2D eigenvalue weighted by Crippen LogP contribution is -2.44. The molecule has 0 aliphatic carbocycles. The minimum Gasteiger partial charge on any atom is -0.305 e. The van der Waals surface area contributed by atoms with Crippen LogP contribution in [0.15, 0.2) is 54.6 Å². The molecular weight excluding hydrogens is 278 g/mol. The highest BCUT2D eigenvalue weighted by Crippen LogP contribution is 2.24.